The van der Waals surface area contributed by atoms with E-state index in [1.54, 1.807) is 12.1 Å². The van der Waals surface area contributed by atoms with E-state index in [0.29, 0.717) is 23.5 Å². The normalized spacial score (nSPS) is 13.2. The Balaban J connectivity index is 2.25. The van der Waals surface area contributed by atoms with Crippen LogP contribution in [0.25, 0.3) is 11.0 Å². The average Bonchev–Trinajstić information content (AvgIpc) is 2.91. The third-order valence-electron chi connectivity index (χ3n) is 2.98. The maximum Gasteiger partial charge on any atom is 0.372 e. The van der Waals surface area contributed by atoms with Crippen molar-refractivity contribution >= 4 is 16.9 Å². The number of carboxylic acids is 1. The predicted molar refractivity (Wildman–Crippen MR) is 63.3 cm³/mol. The molecule has 0 spiro atoms. The van der Waals surface area contributed by atoms with Gasteiger partial charge in [-0.25, -0.2) is 4.79 Å². The Bertz CT molecular complexity index is 626. The number of hydrogen-bond donors (Lipinski definition) is 1. The number of aryl methyl sites for hydroxylation is 1. The fourth-order valence-electron chi connectivity index (χ4n) is 2.21. The highest BCUT2D eigenvalue weighted by Crippen LogP contribution is 2.39. The highest BCUT2D eigenvalue weighted by Gasteiger charge is 2.23. The molecule has 0 bridgehead atoms. The van der Waals surface area contributed by atoms with E-state index in [9.17, 15) is 4.79 Å². The Hall–Kier alpha value is -2.17. The first-order chi connectivity index (χ1) is 8.70. The van der Waals surface area contributed by atoms with Crippen molar-refractivity contribution in [2.45, 2.75) is 19.8 Å². The van der Waals surface area contributed by atoms with Gasteiger partial charge < -0.3 is 19.0 Å². The number of benzene rings is 1. The lowest BCUT2D eigenvalue weighted by molar-refractivity contribution is 0.0663. The Morgan fingerprint density at radius 1 is 1.33 bits per heavy atom. The largest absolute Gasteiger partial charge is 0.475 e. The molecule has 5 heteroatoms. The zero-order valence-electron chi connectivity index (χ0n) is 9.86. The van der Waals surface area contributed by atoms with Gasteiger partial charge in [-0.2, -0.15) is 0 Å². The number of carboxylic acid groups (broad SMARTS) is 1. The summed E-state index contributed by atoms with van der Waals surface area (Å²) in [4.78, 5) is 11.2. The maximum atomic E-state index is 11.2. The standard InChI is InChI=1S/C13H12O5/c1-2-3-7-8-4-10-11(17-6-16-10)5-9(8)18-12(7)13(14)15/h4-5H,2-3,6H2,1H3,(H,14,15). The third kappa shape index (κ3) is 1.51. The van der Waals surface area contributed by atoms with E-state index < -0.39 is 5.97 Å². The monoisotopic (exact) mass is 248 g/mol. The highest BCUT2D eigenvalue weighted by atomic mass is 16.7. The van der Waals surface area contributed by atoms with Crippen LogP contribution in [-0.2, 0) is 6.42 Å². The van der Waals surface area contributed by atoms with Crippen LogP contribution in [0.15, 0.2) is 16.5 Å². The minimum Gasteiger partial charge on any atom is -0.475 e. The average molecular weight is 248 g/mol. The summed E-state index contributed by atoms with van der Waals surface area (Å²) in [5.74, 6) is 0.195. The van der Waals surface area contributed by atoms with E-state index >= 15 is 0 Å². The van der Waals surface area contributed by atoms with Crippen molar-refractivity contribution in [3.05, 3.63) is 23.5 Å². The number of aromatic carboxylic acids is 1. The molecule has 1 N–H and O–H groups in total. The van der Waals surface area contributed by atoms with Crippen LogP contribution in [0.2, 0.25) is 0 Å². The minimum absolute atomic E-state index is 0.00974. The van der Waals surface area contributed by atoms with Gasteiger partial charge in [-0.05, 0) is 12.5 Å². The van der Waals surface area contributed by atoms with Crippen molar-refractivity contribution in [2.75, 3.05) is 6.79 Å². The van der Waals surface area contributed by atoms with Gasteiger partial charge in [0.25, 0.3) is 0 Å². The van der Waals surface area contributed by atoms with Gasteiger partial charge in [0.05, 0.1) is 0 Å². The first-order valence-corrected chi connectivity index (χ1v) is 5.79. The summed E-state index contributed by atoms with van der Waals surface area (Å²) in [6.07, 6.45) is 1.51. The molecule has 1 aliphatic rings. The zero-order chi connectivity index (χ0) is 12.7. The summed E-state index contributed by atoms with van der Waals surface area (Å²) < 4.78 is 15.9. The van der Waals surface area contributed by atoms with Crippen LogP contribution in [0.1, 0.15) is 29.5 Å². The van der Waals surface area contributed by atoms with Crippen molar-refractivity contribution < 1.29 is 23.8 Å². The Labute approximate surface area is 103 Å². The molecular weight excluding hydrogens is 236 g/mol. The van der Waals surface area contributed by atoms with Gasteiger partial charge >= 0.3 is 5.97 Å². The van der Waals surface area contributed by atoms with Gasteiger partial charge in [0.15, 0.2) is 11.5 Å². The van der Waals surface area contributed by atoms with Crippen LogP contribution in [0.4, 0.5) is 0 Å². The van der Waals surface area contributed by atoms with Crippen LogP contribution >= 0.6 is 0 Å². The van der Waals surface area contributed by atoms with Gasteiger partial charge in [-0.1, -0.05) is 13.3 Å². The number of rotatable bonds is 3. The molecule has 0 atom stereocenters. The highest BCUT2D eigenvalue weighted by molar-refractivity contribution is 5.96. The Morgan fingerprint density at radius 3 is 2.72 bits per heavy atom. The molecular formula is C13H12O5. The van der Waals surface area contributed by atoms with Gasteiger partial charge in [0.2, 0.25) is 12.6 Å². The minimum atomic E-state index is -1.04. The van der Waals surface area contributed by atoms with Gasteiger partial charge in [-0.15, -0.1) is 0 Å². The lowest BCUT2D eigenvalue weighted by Gasteiger charge is -1.98. The van der Waals surface area contributed by atoms with E-state index in [0.717, 1.165) is 17.4 Å². The molecule has 0 unspecified atom stereocenters. The Morgan fingerprint density at radius 2 is 2.06 bits per heavy atom. The SMILES string of the molecule is CCCc1c(C(=O)O)oc2cc3c(cc12)OCO3. The fraction of sp³-hybridized carbons (Fsp3) is 0.308. The summed E-state index contributed by atoms with van der Waals surface area (Å²) in [6, 6.07) is 3.47. The van der Waals surface area contributed by atoms with Crippen LogP contribution in [0, 0.1) is 0 Å². The van der Waals surface area contributed by atoms with Crippen molar-refractivity contribution in [3.63, 3.8) is 0 Å². The van der Waals surface area contributed by atoms with Gasteiger partial charge in [-0.3, -0.25) is 0 Å². The summed E-state index contributed by atoms with van der Waals surface area (Å²) in [7, 11) is 0. The van der Waals surface area contributed by atoms with E-state index in [2.05, 4.69) is 0 Å². The number of carbonyl (C=O) groups is 1. The fourth-order valence-corrected chi connectivity index (χ4v) is 2.21. The molecule has 0 fully saturated rings. The molecule has 2 aromatic rings. The first kappa shape index (κ1) is 11.0. The summed E-state index contributed by atoms with van der Waals surface area (Å²) in [5.41, 5.74) is 1.25. The number of hydrogen-bond acceptors (Lipinski definition) is 4. The number of fused-ring (bicyclic) bond motifs is 2. The van der Waals surface area contributed by atoms with Crippen molar-refractivity contribution in [1.29, 1.82) is 0 Å². The van der Waals surface area contributed by atoms with Gasteiger partial charge in [0, 0.05) is 17.0 Å². The Kier molecular flexibility index (Phi) is 2.40. The van der Waals surface area contributed by atoms with Crippen LogP contribution < -0.4 is 9.47 Å². The second-order valence-corrected chi connectivity index (χ2v) is 4.17. The van der Waals surface area contributed by atoms with Crippen LogP contribution in [-0.4, -0.2) is 17.9 Å². The summed E-state index contributed by atoms with van der Waals surface area (Å²) in [6.45, 7) is 2.19. The molecule has 0 saturated heterocycles. The quantitative estimate of drug-likeness (QED) is 0.904. The van der Waals surface area contributed by atoms with Gasteiger partial charge in [0.1, 0.15) is 5.58 Å². The molecule has 0 aliphatic carbocycles. The van der Waals surface area contributed by atoms with E-state index in [1.165, 1.54) is 0 Å². The zero-order valence-corrected chi connectivity index (χ0v) is 9.86. The molecule has 5 nitrogen and oxygen atoms in total. The van der Waals surface area contributed by atoms with Crippen LogP contribution in [0.5, 0.6) is 11.5 Å². The lowest BCUT2D eigenvalue weighted by atomic mass is 10.1. The van der Waals surface area contributed by atoms with E-state index in [1.807, 2.05) is 6.92 Å². The lowest BCUT2D eigenvalue weighted by Crippen LogP contribution is -1.98. The second kappa shape index (κ2) is 3.94. The molecule has 0 saturated carbocycles. The summed E-state index contributed by atoms with van der Waals surface area (Å²) >= 11 is 0. The van der Waals surface area contributed by atoms with Crippen molar-refractivity contribution in [2.24, 2.45) is 0 Å². The van der Waals surface area contributed by atoms with Crippen LogP contribution in [0.3, 0.4) is 0 Å². The van der Waals surface area contributed by atoms with E-state index in [4.69, 9.17) is 19.0 Å². The second-order valence-electron chi connectivity index (χ2n) is 4.17. The number of furan rings is 1. The molecule has 94 valence electrons. The molecule has 1 aromatic heterocycles. The van der Waals surface area contributed by atoms with Crippen molar-refractivity contribution in [3.8, 4) is 11.5 Å². The summed E-state index contributed by atoms with van der Waals surface area (Å²) in [5, 5.41) is 9.94. The molecule has 1 aliphatic heterocycles. The molecule has 0 radical (unpaired) electrons. The van der Waals surface area contributed by atoms with E-state index in [-0.39, 0.29) is 12.6 Å². The molecule has 1 aromatic carbocycles. The molecule has 0 amide bonds. The van der Waals surface area contributed by atoms with Crippen molar-refractivity contribution in [1.82, 2.24) is 0 Å². The maximum absolute atomic E-state index is 11.2. The molecule has 3 rings (SSSR count). The molecule has 2 heterocycles. The third-order valence-corrected chi connectivity index (χ3v) is 2.98. The predicted octanol–water partition coefficient (Wildman–Crippen LogP) is 2.81. The smallest absolute Gasteiger partial charge is 0.372 e. The first-order valence-electron chi connectivity index (χ1n) is 5.79. The number of ether oxygens (including phenoxy) is 2. The topological polar surface area (TPSA) is 68.9 Å². The molecule has 18 heavy (non-hydrogen) atoms.